The summed E-state index contributed by atoms with van der Waals surface area (Å²) in [7, 11) is 0. The van der Waals surface area contributed by atoms with Crippen LogP contribution in [0.2, 0.25) is 0 Å². The van der Waals surface area contributed by atoms with Gasteiger partial charge in [0.15, 0.2) is 5.58 Å². The Morgan fingerprint density at radius 1 is 1.05 bits per heavy atom. The molecular formula is C13H7Br3N2O. The molecule has 1 aromatic heterocycles. The molecule has 96 valence electrons. The van der Waals surface area contributed by atoms with E-state index < -0.39 is 0 Å². The molecule has 3 nitrogen and oxygen atoms in total. The second-order valence-corrected chi connectivity index (χ2v) is 6.52. The van der Waals surface area contributed by atoms with Crippen LogP contribution < -0.4 is 5.73 Å². The normalized spacial score (nSPS) is 11.1. The molecule has 0 amide bonds. The molecule has 3 aromatic rings. The van der Waals surface area contributed by atoms with Crippen LogP contribution in [0.3, 0.4) is 0 Å². The van der Waals surface area contributed by atoms with Gasteiger partial charge >= 0.3 is 0 Å². The third-order valence-corrected chi connectivity index (χ3v) is 4.67. The van der Waals surface area contributed by atoms with Crippen LogP contribution in [0.5, 0.6) is 0 Å². The summed E-state index contributed by atoms with van der Waals surface area (Å²) in [5.41, 5.74) is 8.86. The van der Waals surface area contributed by atoms with Crippen molar-refractivity contribution in [2.75, 3.05) is 5.73 Å². The first-order valence-electron chi connectivity index (χ1n) is 5.36. The SMILES string of the molecule is Nc1c(Br)cc2nc(-c3ccc(Br)cc3)oc2c1Br. The van der Waals surface area contributed by atoms with Gasteiger partial charge in [-0.05, 0) is 62.2 Å². The molecule has 0 unspecified atom stereocenters. The highest BCUT2D eigenvalue weighted by Gasteiger charge is 2.15. The maximum Gasteiger partial charge on any atom is 0.227 e. The zero-order valence-corrected chi connectivity index (χ0v) is 14.2. The van der Waals surface area contributed by atoms with E-state index in [4.69, 9.17) is 10.2 Å². The fourth-order valence-electron chi connectivity index (χ4n) is 1.73. The molecule has 0 saturated carbocycles. The molecule has 0 aliphatic carbocycles. The Hall–Kier alpha value is -0.850. The number of benzene rings is 2. The molecular weight excluding hydrogens is 440 g/mol. The van der Waals surface area contributed by atoms with E-state index >= 15 is 0 Å². The summed E-state index contributed by atoms with van der Waals surface area (Å²) in [6, 6.07) is 9.64. The molecule has 0 fully saturated rings. The van der Waals surface area contributed by atoms with E-state index in [1.807, 2.05) is 30.3 Å². The Bertz CT molecular complexity index is 766. The maximum atomic E-state index is 5.93. The average Bonchev–Trinajstić information content (AvgIpc) is 2.81. The third-order valence-electron chi connectivity index (χ3n) is 2.70. The molecule has 0 atom stereocenters. The Kier molecular flexibility index (Phi) is 3.41. The standard InChI is InChI=1S/C13H7Br3N2O/c14-7-3-1-6(2-4-7)13-18-9-5-8(15)11(17)10(16)12(9)19-13/h1-5H,17H2. The highest BCUT2D eigenvalue weighted by molar-refractivity contribution is 9.11. The van der Waals surface area contributed by atoms with Crippen LogP contribution in [0.25, 0.3) is 22.6 Å². The minimum atomic E-state index is 0.570. The second-order valence-electron chi connectivity index (χ2n) is 3.96. The molecule has 6 heteroatoms. The van der Waals surface area contributed by atoms with Crippen molar-refractivity contribution < 1.29 is 4.42 Å². The summed E-state index contributed by atoms with van der Waals surface area (Å²) >= 11 is 10.2. The first kappa shape index (κ1) is 13.1. The summed E-state index contributed by atoms with van der Waals surface area (Å²) < 4.78 is 8.31. The van der Waals surface area contributed by atoms with Crippen molar-refractivity contribution in [1.29, 1.82) is 0 Å². The lowest BCUT2D eigenvalue weighted by atomic mass is 10.2. The molecule has 2 aromatic carbocycles. The highest BCUT2D eigenvalue weighted by atomic mass is 79.9. The van der Waals surface area contributed by atoms with E-state index in [0.29, 0.717) is 21.6 Å². The maximum absolute atomic E-state index is 5.93. The summed E-state index contributed by atoms with van der Waals surface area (Å²) in [5.74, 6) is 0.570. The number of oxazole rings is 1. The van der Waals surface area contributed by atoms with Crippen LogP contribution in [0.15, 0.2) is 48.2 Å². The predicted molar refractivity (Wildman–Crippen MR) is 87.0 cm³/mol. The fourth-order valence-corrected chi connectivity index (χ4v) is 3.17. The lowest BCUT2D eigenvalue weighted by molar-refractivity contribution is 0.618. The van der Waals surface area contributed by atoms with E-state index in [1.54, 1.807) is 0 Å². The van der Waals surface area contributed by atoms with Crippen molar-refractivity contribution in [3.05, 3.63) is 43.7 Å². The molecule has 2 N–H and O–H groups in total. The minimum absolute atomic E-state index is 0.570. The quantitative estimate of drug-likeness (QED) is 0.511. The highest BCUT2D eigenvalue weighted by Crippen LogP contribution is 2.37. The van der Waals surface area contributed by atoms with E-state index in [1.165, 1.54) is 0 Å². The summed E-state index contributed by atoms with van der Waals surface area (Å²) in [5, 5.41) is 0. The topological polar surface area (TPSA) is 52.0 Å². The van der Waals surface area contributed by atoms with E-state index in [0.717, 1.165) is 20.0 Å². The van der Waals surface area contributed by atoms with Gasteiger partial charge in [0.25, 0.3) is 0 Å². The van der Waals surface area contributed by atoms with Gasteiger partial charge in [-0.15, -0.1) is 0 Å². The van der Waals surface area contributed by atoms with Gasteiger partial charge in [0.2, 0.25) is 5.89 Å². The van der Waals surface area contributed by atoms with E-state index in [9.17, 15) is 0 Å². The number of rotatable bonds is 1. The molecule has 0 bridgehead atoms. The number of hydrogen-bond acceptors (Lipinski definition) is 3. The molecule has 0 saturated heterocycles. The largest absolute Gasteiger partial charge is 0.435 e. The number of anilines is 1. The predicted octanol–water partition coefficient (Wildman–Crippen LogP) is 5.36. The summed E-state index contributed by atoms with van der Waals surface area (Å²) in [4.78, 5) is 4.48. The first-order chi connectivity index (χ1) is 9.06. The zero-order valence-electron chi connectivity index (χ0n) is 9.45. The van der Waals surface area contributed by atoms with Gasteiger partial charge < -0.3 is 10.2 Å². The smallest absolute Gasteiger partial charge is 0.227 e. The Labute approximate surface area is 134 Å². The second kappa shape index (κ2) is 4.92. The zero-order chi connectivity index (χ0) is 13.6. The van der Waals surface area contributed by atoms with E-state index in [-0.39, 0.29) is 0 Å². The molecule has 0 spiro atoms. The molecule has 0 aliphatic heterocycles. The number of nitrogens with two attached hydrogens (primary N) is 1. The number of nitrogen functional groups attached to an aromatic ring is 1. The number of nitrogens with zero attached hydrogens (tertiary/aromatic N) is 1. The number of aromatic nitrogens is 1. The lowest BCUT2D eigenvalue weighted by Crippen LogP contribution is -1.88. The molecule has 1 heterocycles. The number of fused-ring (bicyclic) bond motifs is 1. The van der Waals surface area contributed by atoms with Gasteiger partial charge in [-0.3, -0.25) is 0 Å². The van der Waals surface area contributed by atoms with Crippen molar-refractivity contribution in [1.82, 2.24) is 4.98 Å². The van der Waals surface area contributed by atoms with Crippen LogP contribution >= 0.6 is 47.8 Å². The van der Waals surface area contributed by atoms with Gasteiger partial charge in [0.05, 0.1) is 10.2 Å². The van der Waals surface area contributed by atoms with Crippen LogP contribution in [0, 0.1) is 0 Å². The van der Waals surface area contributed by atoms with Crippen LogP contribution in [0.1, 0.15) is 0 Å². The van der Waals surface area contributed by atoms with Gasteiger partial charge in [-0.1, -0.05) is 15.9 Å². The van der Waals surface area contributed by atoms with Crippen molar-refractivity contribution >= 4 is 64.6 Å². The van der Waals surface area contributed by atoms with Crippen LogP contribution in [-0.4, -0.2) is 4.98 Å². The van der Waals surface area contributed by atoms with Crippen LogP contribution in [-0.2, 0) is 0 Å². The molecule has 19 heavy (non-hydrogen) atoms. The Morgan fingerprint density at radius 2 is 1.74 bits per heavy atom. The fraction of sp³-hybridized carbons (Fsp3) is 0. The molecule has 0 aliphatic rings. The van der Waals surface area contributed by atoms with E-state index in [2.05, 4.69) is 52.8 Å². The molecule has 0 radical (unpaired) electrons. The summed E-state index contributed by atoms with van der Waals surface area (Å²) in [6.45, 7) is 0. The van der Waals surface area contributed by atoms with Crippen molar-refractivity contribution in [3.63, 3.8) is 0 Å². The molecule has 3 rings (SSSR count). The lowest BCUT2D eigenvalue weighted by Gasteiger charge is -2.00. The Morgan fingerprint density at radius 3 is 2.42 bits per heavy atom. The Balaban J connectivity index is 2.22. The van der Waals surface area contributed by atoms with Gasteiger partial charge in [0, 0.05) is 14.5 Å². The van der Waals surface area contributed by atoms with Gasteiger partial charge in [-0.2, -0.15) is 0 Å². The van der Waals surface area contributed by atoms with Crippen molar-refractivity contribution in [3.8, 4) is 11.5 Å². The third kappa shape index (κ3) is 2.32. The number of halogens is 3. The first-order valence-corrected chi connectivity index (χ1v) is 7.74. The van der Waals surface area contributed by atoms with Crippen molar-refractivity contribution in [2.45, 2.75) is 0 Å². The van der Waals surface area contributed by atoms with Crippen molar-refractivity contribution in [2.24, 2.45) is 0 Å². The number of hydrogen-bond donors (Lipinski definition) is 1. The monoisotopic (exact) mass is 444 g/mol. The van der Waals surface area contributed by atoms with Crippen LogP contribution in [0.4, 0.5) is 5.69 Å². The summed E-state index contributed by atoms with van der Waals surface area (Å²) in [6.07, 6.45) is 0. The van der Waals surface area contributed by atoms with Gasteiger partial charge in [-0.25, -0.2) is 4.98 Å². The van der Waals surface area contributed by atoms with Gasteiger partial charge in [0.1, 0.15) is 5.52 Å². The minimum Gasteiger partial charge on any atom is -0.435 e. The average molecular weight is 447 g/mol.